The lowest BCUT2D eigenvalue weighted by atomic mass is 10.1. The van der Waals surface area contributed by atoms with Crippen molar-refractivity contribution in [3.05, 3.63) is 59.5 Å². The number of rotatable bonds is 6. The van der Waals surface area contributed by atoms with Gasteiger partial charge in [0, 0.05) is 17.5 Å². The maximum absolute atomic E-state index is 12.3. The fourth-order valence-corrected chi connectivity index (χ4v) is 2.54. The van der Waals surface area contributed by atoms with Crippen LogP contribution in [0.1, 0.15) is 26.5 Å². The fraction of sp³-hybridized carbons (Fsp3) is 0.211. The van der Waals surface area contributed by atoms with E-state index in [0.717, 1.165) is 5.69 Å². The number of aromatic nitrogens is 2. The summed E-state index contributed by atoms with van der Waals surface area (Å²) in [6, 6.07) is 10.3. The minimum atomic E-state index is -0.651. The Hall–Kier alpha value is -3.35. The van der Waals surface area contributed by atoms with Gasteiger partial charge in [0.05, 0.1) is 14.2 Å². The third-order valence-electron chi connectivity index (χ3n) is 3.94. The van der Waals surface area contributed by atoms with Crippen molar-refractivity contribution in [2.45, 2.75) is 6.92 Å². The van der Waals surface area contributed by atoms with E-state index in [1.165, 1.54) is 14.2 Å². The highest BCUT2D eigenvalue weighted by molar-refractivity contribution is 5.99. The van der Waals surface area contributed by atoms with Crippen LogP contribution in [0.25, 0.3) is 5.65 Å². The predicted molar refractivity (Wildman–Crippen MR) is 94.1 cm³/mol. The van der Waals surface area contributed by atoms with Gasteiger partial charge in [0.1, 0.15) is 5.65 Å². The first-order valence-corrected chi connectivity index (χ1v) is 7.90. The normalized spacial score (nSPS) is 10.6. The standard InChI is InChI=1S/C19H18N2O5/c1-12-5-4-6-18-20-14(10-21(12)18)19(23)26-11-15(22)13-7-8-16(24-2)17(9-13)25-3/h4-10H,11H2,1-3H3. The van der Waals surface area contributed by atoms with E-state index in [2.05, 4.69) is 4.98 Å². The molecule has 0 saturated heterocycles. The van der Waals surface area contributed by atoms with Gasteiger partial charge < -0.3 is 18.6 Å². The Morgan fingerprint density at radius 3 is 2.54 bits per heavy atom. The summed E-state index contributed by atoms with van der Waals surface area (Å²) in [4.78, 5) is 28.7. The molecule has 0 N–H and O–H groups in total. The molecular formula is C19H18N2O5. The van der Waals surface area contributed by atoms with Crippen molar-refractivity contribution in [2.75, 3.05) is 20.8 Å². The number of carbonyl (C=O) groups is 2. The van der Waals surface area contributed by atoms with Gasteiger partial charge in [-0.25, -0.2) is 9.78 Å². The number of aryl methyl sites for hydroxylation is 1. The van der Waals surface area contributed by atoms with Gasteiger partial charge >= 0.3 is 5.97 Å². The number of hydrogen-bond acceptors (Lipinski definition) is 6. The van der Waals surface area contributed by atoms with Crippen LogP contribution in [-0.2, 0) is 4.74 Å². The van der Waals surface area contributed by atoms with Crippen molar-refractivity contribution >= 4 is 17.4 Å². The van der Waals surface area contributed by atoms with Crippen molar-refractivity contribution in [1.82, 2.24) is 9.38 Å². The third-order valence-corrected chi connectivity index (χ3v) is 3.94. The Balaban J connectivity index is 1.70. The Labute approximate surface area is 150 Å². The lowest BCUT2D eigenvalue weighted by Crippen LogP contribution is -2.14. The Morgan fingerprint density at radius 1 is 1.08 bits per heavy atom. The minimum absolute atomic E-state index is 0.152. The molecule has 2 heterocycles. The molecule has 0 unspecified atom stereocenters. The maximum atomic E-state index is 12.3. The first-order chi connectivity index (χ1) is 12.5. The van der Waals surface area contributed by atoms with Crippen LogP contribution in [0.5, 0.6) is 11.5 Å². The number of imidazole rings is 1. The largest absolute Gasteiger partial charge is 0.493 e. The summed E-state index contributed by atoms with van der Waals surface area (Å²) in [5.41, 5.74) is 2.10. The molecule has 0 aliphatic carbocycles. The van der Waals surface area contributed by atoms with Gasteiger partial charge in [0.15, 0.2) is 29.6 Å². The summed E-state index contributed by atoms with van der Waals surface area (Å²) in [7, 11) is 3.00. The molecule has 7 heteroatoms. The van der Waals surface area contributed by atoms with Crippen molar-refractivity contribution in [3.8, 4) is 11.5 Å². The maximum Gasteiger partial charge on any atom is 0.359 e. The van der Waals surface area contributed by atoms with Crippen LogP contribution < -0.4 is 9.47 Å². The lowest BCUT2D eigenvalue weighted by Gasteiger charge is -2.09. The lowest BCUT2D eigenvalue weighted by molar-refractivity contribution is 0.0469. The first-order valence-electron chi connectivity index (χ1n) is 7.90. The molecule has 0 fully saturated rings. The highest BCUT2D eigenvalue weighted by atomic mass is 16.5. The highest BCUT2D eigenvalue weighted by Crippen LogP contribution is 2.27. The molecule has 134 valence electrons. The summed E-state index contributed by atoms with van der Waals surface area (Å²) in [5.74, 6) is -0.0530. The molecule has 7 nitrogen and oxygen atoms in total. The van der Waals surface area contributed by atoms with Crippen molar-refractivity contribution < 1.29 is 23.8 Å². The van der Waals surface area contributed by atoms with Crippen LogP contribution in [0.4, 0.5) is 0 Å². The average molecular weight is 354 g/mol. The Bertz CT molecular complexity index is 977. The molecule has 1 aromatic carbocycles. The van der Waals surface area contributed by atoms with Gasteiger partial charge in [-0.2, -0.15) is 0 Å². The van der Waals surface area contributed by atoms with Crippen LogP contribution >= 0.6 is 0 Å². The number of methoxy groups -OCH3 is 2. The van der Waals surface area contributed by atoms with E-state index in [9.17, 15) is 9.59 Å². The zero-order valence-corrected chi connectivity index (χ0v) is 14.7. The second-order valence-electron chi connectivity index (χ2n) is 5.59. The summed E-state index contributed by atoms with van der Waals surface area (Å²) in [6.07, 6.45) is 1.59. The molecular weight excluding hydrogens is 336 g/mol. The average Bonchev–Trinajstić information content (AvgIpc) is 3.11. The minimum Gasteiger partial charge on any atom is -0.493 e. The molecule has 0 spiro atoms. The van der Waals surface area contributed by atoms with Crippen LogP contribution in [0.15, 0.2) is 42.6 Å². The topological polar surface area (TPSA) is 79.1 Å². The summed E-state index contributed by atoms with van der Waals surface area (Å²) in [6.45, 7) is 1.52. The number of benzene rings is 1. The van der Waals surface area contributed by atoms with Gasteiger partial charge in [-0.1, -0.05) is 6.07 Å². The Morgan fingerprint density at radius 2 is 1.85 bits per heavy atom. The zero-order chi connectivity index (χ0) is 18.7. The summed E-state index contributed by atoms with van der Waals surface area (Å²) in [5, 5.41) is 0. The number of ketones is 1. The van der Waals surface area contributed by atoms with Crippen LogP contribution in [0.2, 0.25) is 0 Å². The molecule has 3 rings (SSSR count). The van der Waals surface area contributed by atoms with E-state index in [0.29, 0.717) is 22.7 Å². The first kappa shape index (κ1) is 17.5. The molecule has 0 atom stereocenters. The van der Waals surface area contributed by atoms with Gasteiger partial charge in [-0.3, -0.25) is 4.79 Å². The van der Waals surface area contributed by atoms with Gasteiger partial charge in [0.2, 0.25) is 0 Å². The molecule has 2 aromatic heterocycles. The molecule has 0 aliphatic heterocycles. The molecule has 0 bridgehead atoms. The van der Waals surface area contributed by atoms with E-state index in [1.54, 1.807) is 34.9 Å². The van der Waals surface area contributed by atoms with E-state index >= 15 is 0 Å². The molecule has 0 saturated carbocycles. The second kappa shape index (κ2) is 7.26. The van der Waals surface area contributed by atoms with Crippen LogP contribution in [-0.4, -0.2) is 42.0 Å². The molecule has 0 aliphatic rings. The van der Waals surface area contributed by atoms with Crippen molar-refractivity contribution in [3.63, 3.8) is 0 Å². The number of carbonyl (C=O) groups excluding carboxylic acids is 2. The molecule has 26 heavy (non-hydrogen) atoms. The number of hydrogen-bond donors (Lipinski definition) is 0. The van der Waals surface area contributed by atoms with Crippen LogP contribution in [0.3, 0.4) is 0 Å². The highest BCUT2D eigenvalue weighted by Gasteiger charge is 2.16. The molecule has 0 amide bonds. The van der Waals surface area contributed by atoms with Crippen LogP contribution in [0, 0.1) is 6.92 Å². The van der Waals surface area contributed by atoms with Crippen molar-refractivity contribution in [2.24, 2.45) is 0 Å². The van der Waals surface area contributed by atoms with E-state index in [-0.39, 0.29) is 18.1 Å². The number of esters is 1. The van der Waals surface area contributed by atoms with E-state index in [1.807, 2.05) is 19.1 Å². The summed E-state index contributed by atoms with van der Waals surface area (Å²) < 4.78 is 17.2. The number of Topliss-reactive ketones (excluding diaryl/α,β-unsaturated/α-hetero) is 1. The fourth-order valence-electron chi connectivity index (χ4n) is 2.54. The number of pyridine rings is 1. The monoisotopic (exact) mass is 354 g/mol. The van der Waals surface area contributed by atoms with Crippen molar-refractivity contribution in [1.29, 1.82) is 0 Å². The predicted octanol–water partition coefficient (Wildman–Crippen LogP) is 2.70. The molecule has 0 radical (unpaired) electrons. The third kappa shape index (κ3) is 3.37. The zero-order valence-electron chi connectivity index (χ0n) is 14.7. The number of nitrogens with zero attached hydrogens (tertiary/aromatic N) is 2. The summed E-state index contributed by atoms with van der Waals surface area (Å²) >= 11 is 0. The number of ether oxygens (including phenoxy) is 3. The Kier molecular flexibility index (Phi) is 4.88. The number of fused-ring (bicyclic) bond motifs is 1. The quantitative estimate of drug-likeness (QED) is 0.500. The van der Waals surface area contributed by atoms with Gasteiger partial charge in [-0.15, -0.1) is 0 Å². The van der Waals surface area contributed by atoms with E-state index in [4.69, 9.17) is 14.2 Å². The molecule has 3 aromatic rings. The van der Waals surface area contributed by atoms with Gasteiger partial charge in [0.25, 0.3) is 0 Å². The second-order valence-corrected chi connectivity index (χ2v) is 5.59. The van der Waals surface area contributed by atoms with E-state index < -0.39 is 5.97 Å². The van der Waals surface area contributed by atoms with Gasteiger partial charge in [-0.05, 0) is 37.3 Å². The SMILES string of the molecule is COc1ccc(C(=O)COC(=O)c2cn3c(C)cccc3n2)cc1OC. The smallest absolute Gasteiger partial charge is 0.359 e.